The summed E-state index contributed by atoms with van der Waals surface area (Å²) >= 11 is 12.4. The van der Waals surface area contributed by atoms with E-state index in [1.807, 2.05) is 36.5 Å². The van der Waals surface area contributed by atoms with E-state index in [0.29, 0.717) is 10.0 Å². The molecule has 9 heteroatoms. The van der Waals surface area contributed by atoms with E-state index in [1.54, 1.807) is 6.20 Å². The Kier molecular flexibility index (Phi) is 7.75. The van der Waals surface area contributed by atoms with Crippen LogP contribution in [-0.2, 0) is 4.79 Å². The lowest BCUT2D eigenvalue weighted by molar-refractivity contribution is -0.156. The molecule has 1 aliphatic heterocycles. The number of halogens is 5. The van der Waals surface area contributed by atoms with Crippen molar-refractivity contribution in [1.29, 1.82) is 0 Å². The number of carbonyl (C=O) groups excluding carboxylic acids is 1. The molecule has 2 heterocycles. The van der Waals surface area contributed by atoms with Crippen molar-refractivity contribution in [3.05, 3.63) is 58.8 Å². The first-order chi connectivity index (χ1) is 14.8. The van der Waals surface area contributed by atoms with E-state index in [2.05, 4.69) is 16.4 Å². The molecule has 1 aliphatic rings. The van der Waals surface area contributed by atoms with Crippen LogP contribution in [0.3, 0.4) is 0 Å². The molecule has 0 aliphatic carbocycles. The molecule has 2 aromatic carbocycles. The second-order valence-corrected chi connectivity index (χ2v) is 7.71. The monoisotopic (exact) mass is 470 g/mol. The smallest absolute Gasteiger partial charge is 0.446 e. The fourth-order valence-corrected chi connectivity index (χ4v) is 3.59. The van der Waals surface area contributed by atoms with Crippen molar-refractivity contribution < 1.29 is 22.7 Å². The van der Waals surface area contributed by atoms with Gasteiger partial charge in [-0.25, -0.2) is 0 Å². The van der Waals surface area contributed by atoms with E-state index < -0.39 is 12.5 Å². The Morgan fingerprint density at radius 2 is 1.77 bits per heavy atom. The van der Waals surface area contributed by atoms with Gasteiger partial charge in [-0.3, -0.25) is 9.78 Å². The summed E-state index contributed by atoms with van der Waals surface area (Å²) in [6, 6.07) is 11.8. The molecule has 0 bridgehead atoms. The Balaban J connectivity index is 0.000000401. The Morgan fingerprint density at radius 1 is 1.06 bits per heavy atom. The van der Waals surface area contributed by atoms with Crippen LogP contribution in [0.25, 0.3) is 21.9 Å². The number of carbonyl (C=O) groups is 1. The summed E-state index contributed by atoms with van der Waals surface area (Å²) in [6.45, 7) is 1.98. The van der Waals surface area contributed by atoms with Gasteiger partial charge >= 0.3 is 6.18 Å². The minimum absolute atomic E-state index is 0.224. The number of piperidine rings is 1. The second-order valence-electron chi connectivity index (χ2n) is 6.89. The van der Waals surface area contributed by atoms with Crippen LogP contribution >= 0.6 is 23.2 Å². The lowest BCUT2D eigenvalue weighted by Crippen LogP contribution is -2.34. The first kappa shape index (κ1) is 23.3. The maximum atomic E-state index is 10.4. The minimum Gasteiger partial charge on any atom is -0.490 e. The second kappa shape index (κ2) is 10.3. The minimum atomic E-state index is -4.64. The highest BCUT2D eigenvalue weighted by Gasteiger charge is 2.25. The van der Waals surface area contributed by atoms with Gasteiger partial charge in [0.1, 0.15) is 11.9 Å². The number of fused-ring (bicyclic) bond motifs is 1. The molecule has 0 amide bonds. The zero-order chi connectivity index (χ0) is 22.4. The van der Waals surface area contributed by atoms with Gasteiger partial charge in [-0.15, -0.1) is 0 Å². The fourth-order valence-electron chi connectivity index (χ4n) is 3.29. The maximum absolute atomic E-state index is 10.4. The first-order valence-corrected chi connectivity index (χ1v) is 10.3. The largest absolute Gasteiger partial charge is 0.490 e. The number of hydrogen-bond acceptors (Lipinski definition) is 4. The zero-order valence-corrected chi connectivity index (χ0v) is 17.8. The van der Waals surface area contributed by atoms with Gasteiger partial charge in [0.15, 0.2) is 0 Å². The van der Waals surface area contributed by atoms with Gasteiger partial charge < -0.3 is 10.1 Å². The summed E-state index contributed by atoms with van der Waals surface area (Å²) in [5.74, 6) is 0.879. The molecule has 4 rings (SSSR count). The van der Waals surface area contributed by atoms with Gasteiger partial charge in [0.2, 0.25) is 6.29 Å². The topological polar surface area (TPSA) is 51.2 Å². The lowest BCUT2D eigenvalue weighted by atomic mass is 9.98. The SMILES string of the molecule is Clc1ccc(-c2c(OC3CCNCC3)ccc3cnccc23)cc1Cl.O=CC(F)(F)F. The Labute approximate surface area is 187 Å². The molecule has 0 atom stereocenters. The number of aldehydes is 1. The molecule has 0 radical (unpaired) electrons. The van der Waals surface area contributed by atoms with Gasteiger partial charge in [0.25, 0.3) is 0 Å². The van der Waals surface area contributed by atoms with E-state index in [0.717, 1.165) is 53.6 Å². The van der Waals surface area contributed by atoms with E-state index in [-0.39, 0.29) is 6.10 Å². The fraction of sp³-hybridized carbons (Fsp3) is 0.273. The number of nitrogens with zero attached hydrogens (tertiary/aromatic N) is 1. The molecule has 164 valence electrons. The number of nitrogens with one attached hydrogen (secondary N) is 1. The van der Waals surface area contributed by atoms with Gasteiger partial charge in [-0.05, 0) is 67.2 Å². The summed E-state index contributed by atoms with van der Waals surface area (Å²) < 4.78 is 37.6. The lowest BCUT2D eigenvalue weighted by Gasteiger charge is -2.25. The van der Waals surface area contributed by atoms with E-state index in [4.69, 9.17) is 32.7 Å². The van der Waals surface area contributed by atoms with Crippen molar-refractivity contribution in [2.45, 2.75) is 25.1 Å². The van der Waals surface area contributed by atoms with Crippen LogP contribution < -0.4 is 10.1 Å². The number of hydrogen-bond donors (Lipinski definition) is 1. The highest BCUT2D eigenvalue weighted by atomic mass is 35.5. The van der Waals surface area contributed by atoms with Crippen LogP contribution in [0.1, 0.15) is 12.8 Å². The quantitative estimate of drug-likeness (QED) is 0.470. The molecule has 1 fully saturated rings. The first-order valence-electron chi connectivity index (χ1n) is 9.51. The summed E-state index contributed by atoms with van der Waals surface area (Å²) in [7, 11) is 0. The molecule has 1 saturated heterocycles. The van der Waals surface area contributed by atoms with E-state index >= 15 is 0 Å². The Hall–Kier alpha value is -2.35. The van der Waals surface area contributed by atoms with Gasteiger partial charge in [-0.1, -0.05) is 29.3 Å². The van der Waals surface area contributed by atoms with Gasteiger partial charge in [0.05, 0.1) is 10.0 Å². The normalized spacial score (nSPS) is 14.6. The van der Waals surface area contributed by atoms with Gasteiger partial charge in [-0.2, -0.15) is 13.2 Å². The molecule has 31 heavy (non-hydrogen) atoms. The number of pyridine rings is 1. The number of rotatable bonds is 3. The summed E-state index contributed by atoms with van der Waals surface area (Å²) in [6.07, 6.45) is 0.210. The van der Waals surface area contributed by atoms with Crippen LogP contribution in [0.4, 0.5) is 13.2 Å². The third kappa shape index (κ3) is 6.32. The molecule has 0 saturated carbocycles. The zero-order valence-electron chi connectivity index (χ0n) is 16.3. The molecule has 0 spiro atoms. The Morgan fingerprint density at radius 3 is 2.42 bits per heavy atom. The van der Waals surface area contributed by atoms with Crippen molar-refractivity contribution in [3.8, 4) is 16.9 Å². The highest BCUT2D eigenvalue weighted by molar-refractivity contribution is 6.42. The summed E-state index contributed by atoms with van der Waals surface area (Å²) in [5, 5.41) is 6.63. The maximum Gasteiger partial charge on any atom is 0.446 e. The number of ether oxygens (including phenoxy) is 1. The predicted molar refractivity (Wildman–Crippen MR) is 116 cm³/mol. The van der Waals surface area contributed by atoms with Gasteiger partial charge in [0, 0.05) is 23.3 Å². The third-order valence-electron chi connectivity index (χ3n) is 4.70. The average Bonchev–Trinajstić information content (AvgIpc) is 2.76. The van der Waals surface area contributed by atoms with Crippen molar-refractivity contribution in [1.82, 2.24) is 10.3 Å². The molecule has 3 aromatic rings. The molecule has 1 N–H and O–H groups in total. The van der Waals surface area contributed by atoms with Crippen molar-refractivity contribution in [3.63, 3.8) is 0 Å². The molecular formula is C22H19Cl2F3N2O2. The van der Waals surface area contributed by atoms with Crippen LogP contribution in [0, 0.1) is 0 Å². The van der Waals surface area contributed by atoms with Crippen molar-refractivity contribution in [2.24, 2.45) is 0 Å². The van der Waals surface area contributed by atoms with Crippen molar-refractivity contribution >= 4 is 40.3 Å². The van der Waals surface area contributed by atoms with Crippen LogP contribution in [-0.4, -0.2) is 36.6 Å². The number of benzene rings is 2. The highest BCUT2D eigenvalue weighted by Crippen LogP contribution is 2.39. The van der Waals surface area contributed by atoms with E-state index in [9.17, 15) is 13.2 Å². The van der Waals surface area contributed by atoms with Crippen LogP contribution in [0.15, 0.2) is 48.8 Å². The molecular weight excluding hydrogens is 452 g/mol. The molecule has 4 nitrogen and oxygen atoms in total. The standard InChI is InChI=1S/C20H18Cl2N2O.C2HF3O/c21-17-3-1-13(11-18(17)22)20-16-7-10-24-12-14(16)2-4-19(20)25-15-5-8-23-9-6-15;3-2(4,5)1-6/h1-4,7,10-12,15,23H,5-6,8-9H2;1H. The predicted octanol–water partition coefficient (Wildman–Crippen LogP) is 6.09. The molecule has 1 aromatic heterocycles. The Bertz CT molecular complexity index is 1050. The van der Waals surface area contributed by atoms with Crippen molar-refractivity contribution in [2.75, 3.05) is 13.1 Å². The van der Waals surface area contributed by atoms with E-state index in [1.165, 1.54) is 0 Å². The van der Waals surface area contributed by atoms with Crippen LogP contribution in [0.5, 0.6) is 5.75 Å². The third-order valence-corrected chi connectivity index (χ3v) is 5.44. The summed E-state index contributed by atoms with van der Waals surface area (Å²) in [4.78, 5) is 12.9. The average molecular weight is 471 g/mol. The number of alkyl halides is 3. The van der Waals surface area contributed by atoms with Crippen LogP contribution in [0.2, 0.25) is 10.0 Å². The molecule has 0 unspecified atom stereocenters. The summed E-state index contributed by atoms with van der Waals surface area (Å²) in [5.41, 5.74) is 2.03. The number of aromatic nitrogens is 1.